The minimum atomic E-state index is 0.0281. The van der Waals surface area contributed by atoms with Gasteiger partial charge in [0.2, 0.25) is 5.91 Å². The monoisotopic (exact) mass is 259 g/mol. The standard InChI is InChI=1S/C15H21N3O/c1-11(12-4-2-8-16-10-12)18-9-3-5-14(15(18)19)17-13-6-7-13/h2,4,8,10-11,13-14,17H,3,5-7,9H2,1H3. The summed E-state index contributed by atoms with van der Waals surface area (Å²) in [4.78, 5) is 18.7. The Bertz CT molecular complexity index is 444. The molecule has 2 fully saturated rings. The second kappa shape index (κ2) is 5.29. The zero-order valence-corrected chi connectivity index (χ0v) is 11.4. The van der Waals surface area contributed by atoms with Crippen LogP contribution in [0.5, 0.6) is 0 Å². The highest BCUT2D eigenvalue weighted by molar-refractivity contribution is 5.83. The van der Waals surface area contributed by atoms with Crippen molar-refractivity contribution in [3.05, 3.63) is 30.1 Å². The molecule has 4 heteroatoms. The summed E-state index contributed by atoms with van der Waals surface area (Å²) in [5.74, 6) is 0.259. The molecule has 2 aliphatic rings. The van der Waals surface area contributed by atoms with Gasteiger partial charge in [-0.15, -0.1) is 0 Å². The molecule has 1 amide bonds. The minimum Gasteiger partial charge on any atom is -0.335 e. The fourth-order valence-corrected chi connectivity index (χ4v) is 2.78. The van der Waals surface area contributed by atoms with E-state index < -0.39 is 0 Å². The van der Waals surface area contributed by atoms with Crippen molar-refractivity contribution in [1.82, 2.24) is 15.2 Å². The van der Waals surface area contributed by atoms with Crippen molar-refractivity contribution >= 4 is 5.91 Å². The fourth-order valence-electron chi connectivity index (χ4n) is 2.78. The van der Waals surface area contributed by atoms with Gasteiger partial charge in [0.1, 0.15) is 0 Å². The van der Waals surface area contributed by atoms with Crippen LogP contribution in [0, 0.1) is 0 Å². The minimum absolute atomic E-state index is 0.0281. The number of carbonyl (C=O) groups excluding carboxylic acids is 1. The van der Waals surface area contributed by atoms with Crippen molar-refractivity contribution in [3.8, 4) is 0 Å². The van der Waals surface area contributed by atoms with Crippen LogP contribution >= 0.6 is 0 Å². The molecular weight excluding hydrogens is 238 g/mol. The molecule has 1 saturated carbocycles. The van der Waals surface area contributed by atoms with Crippen molar-refractivity contribution < 1.29 is 4.79 Å². The third-order valence-electron chi connectivity index (χ3n) is 4.12. The number of carbonyl (C=O) groups is 1. The van der Waals surface area contributed by atoms with Gasteiger partial charge in [-0.3, -0.25) is 9.78 Å². The summed E-state index contributed by atoms with van der Waals surface area (Å²) in [5.41, 5.74) is 1.11. The second-order valence-corrected chi connectivity index (χ2v) is 5.63. The number of amides is 1. The Kier molecular flexibility index (Phi) is 3.51. The van der Waals surface area contributed by atoms with Crippen molar-refractivity contribution in [2.75, 3.05) is 6.54 Å². The molecule has 0 spiro atoms. The van der Waals surface area contributed by atoms with Gasteiger partial charge in [-0.25, -0.2) is 0 Å². The SMILES string of the molecule is CC(c1cccnc1)N1CCCC(NC2CC2)C1=O. The van der Waals surface area contributed by atoms with Crippen molar-refractivity contribution in [3.63, 3.8) is 0 Å². The van der Waals surface area contributed by atoms with E-state index >= 15 is 0 Å². The lowest BCUT2D eigenvalue weighted by Crippen LogP contribution is -2.51. The Morgan fingerprint density at radius 1 is 1.42 bits per heavy atom. The largest absolute Gasteiger partial charge is 0.335 e. The van der Waals surface area contributed by atoms with Crippen LogP contribution in [0.25, 0.3) is 0 Å². The van der Waals surface area contributed by atoms with Crippen LogP contribution in [0.4, 0.5) is 0 Å². The molecule has 1 aliphatic heterocycles. The number of hydrogen-bond donors (Lipinski definition) is 1. The van der Waals surface area contributed by atoms with E-state index in [2.05, 4.69) is 17.2 Å². The Hall–Kier alpha value is -1.42. The molecule has 0 bridgehead atoms. The van der Waals surface area contributed by atoms with Gasteiger partial charge < -0.3 is 10.2 Å². The maximum atomic E-state index is 12.5. The normalized spacial score (nSPS) is 25.4. The van der Waals surface area contributed by atoms with E-state index in [1.165, 1.54) is 12.8 Å². The molecule has 102 valence electrons. The molecule has 2 unspecified atom stereocenters. The summed E-state index contributed by atoms with van der Waals surface area (Å²) >= 11 is 0. The Balaban J connectivity index is 1.70. The van der Waals surface area contributed by atoms with Gasteiger partial charge in [0, 0.05) is 25.0 Å². The number of rotatable bonds is 4. The first-order chi connectivity index (χ1) is 9.25. The lowest BCUT2D eigenvalue weighted by atomic mass is 10.0. The molecule has 1 aromatic heterocycles. The lowest BCUT2D eigenvalue weighted by Gasteiger charge is -2.37. The lowest BCUT2D eigenvalue weighted by molar-refractivity contribution is -0.138. The van der Waals surface area contributed by atoms with E-state index in [0.717, 1.165) is 24.9 Å². The summed E-state index contributed by atoms with van der Waals surface area (Å²) < 4.78 is 0. The zero-order chi connectivity index (χ0) is 13.2. The number of pyridine rings is 1. The van der Waals surface area contributed by atoms with E-state index in [0.29, 0.717) is 6.04 Å². The summed E-state index contributed by atoms with van der Waals surface area (Å²) in [6.07, 6.45) is 8.14. The molecule has 0 aromatic carbocycles. The van der Waals surface area contributed by atoms with E-state index in [-0.39, 0.29) is 18.0 Å². The molecule has 3 rings (SSSR count). The van der Waals surface area contributed by atoms with Crippen molar-refractivity contribution in [2.24, 2.45) is 0 Å². The number of nitrogens with one attached hydrogen (secondary N) is 1. The van der Waals surface area contributed by atoms with Gasteiger partial charge in [-0.05, 0) is 44.2 Å². The van der Waals surface area contributed by atoms with Crippen LogP contribution in [0.15, 0.2) is 24.5 Å². The van der Waals surface area contributed by atoms with Crippen LogP contribution < -0.4 is 5.32 Å². The molecule has 1 aliphatic carbocycles. The van der Waals surface area contributed by atoms with Gasteiger partial charge in [-0.1, -0.05) is 6.07 Å². The maximum Gasteiger partial charge on any atom is 0.240 e. The Labute approximate surface area is 114 Å². The van der Waals surface area contributed by atoms with Crippen LogP contribution in [-0.2, 0) is 4.79 Å². The summed E-state index contributed by atoms with van der Waals surface area (Å²) in [7, 11) is 0. The fraction of sp³-hybridized carbons (Fsp3) is 0.600. The predicted octanol–water partition coefficient (Wildman–Crippen LogP) is 1.89. The number of nitrogens with zero attached hydrogens (tertiary/aromatic N) is 2. The molecule has 19 heavy (non-hydrogen) atoms. The number of likely N-dealkylation sites (tertiary alicyclic amines) is 1. The van der Waals surface area contributed by atoms with Gasteiger partial charge >= 0.3 is 0 Å². The highest BCUT2D eigenvalue weighted by Crippen LogP contribution is 2.27. The molecule has 1 saturated heterocycles. The highest BCUT2D eigenvalue weighted by atomic mass is 16.2. The van der Waals surface area contributed by atoms with Crippen LogP contribution in [-0.4, -0.2) is 34.4 Å². The molecule has 1 aromatic rings. The first kappa shape index (κ1) is 12.6. The number of aromatic nitrogens is 1. The van der Waals surface area contributed by atoms with E-state index in [9.17, 15) is 4.79 Å². The molecule has 2 heterocycles. The Morgan fingerprint density at radius 3 is 2.95 bits per heavy atom. The first-order valence-electron chi connectivity index (χ1n) is 7.22. The number of piperidine rings is 1. The smallest absolute Gasteiger partial charge is 0.240 e. The number of hydrogen-bond acceptors (Lipinski definition) is 3. The topological polar surface area (TPSA) is 45.2 Å². The zero-order valence-electron chi connectivity index (χ0n) is 11.4. The van der Waals surface area contributed by atoms with Crippen LogP contribution in [0.2, 0.25) is 0 Å². The first-order valence-corrected chi connectivity index (χ1v) is 7.22. The Morgan fingerprint density at radius 2 is 2.26 bits per heavy atom. The van der Waals surface area contributed by atoms with Crippen LogP contribution in [0.1, 0.15) is 44.2 Å². The molecule has 2 atom stereocenters. The van der Waals surface area contributed by atoms with Gasteiger partial charge in [-0.2, -0.15) is 0 Å². The van der Waals surface area contributed by atoms with E-state index in [1.54, 1.807) is 6.20 Å². The van der Waals surface area contributed by atoms with Crippen molar-refractivity contribution in [2.45, 2.75) is 50.7 Å². The highest BCUT2D eigenvalue weighted by Gasteiger charge is 2.35. The summed E-state index contributed by atoms with van der Waals surface area (Å²) in [6, 6.07) is 4.70. The van der Waals surface area contributed by atoms with Crippen LogP contribution in [0.3, 0.4) is 0 Å². The quantitative estimate of drug-likeness (QED) is 0.898. The maximum absolute atomic E-state index is 12.5. The molecule has 4 nitrogen and oxygen atoms in total. The summed E-state index contributed by atoms with van der Waals surface area (Å²) in [5, 5.41) is 3.47. The van der Waals surface area contributed by atoms with E-state index in [1.807, 2.05) is 23.2 Å². The summed E-state index contributed by atoms with van der Waals surface area (Å²) in [6.45, 7) is 2.95. The predicted molar refractivity (Wildman–Crippen MR) is 73.5 cm³/mol. The molecule has 1 N–H and O–H groups in total. The van der Waals surface area contributed by atoms with Gasteiger partial charge in [0.25, 0.3) is 0 Å². The van der Waals surface area contributed by atoms with Gasteiger partial charge in [0.15, 0.2) is 0 Å². The third-order valence-corrected chi connectivity index (χ3v) is 4.12. The third kappa shape index (κ3) is 2.78. The molecule has 0 radical (unpaired) electrons. The second-order valence-electron chi connectivity index (χ2n) is 5.63. The van der Waals surface area contributed by atoms with Gasteiger partial charge in [0.05, 0.1) is 12.1 Å². The molecular formula is C15H21N3O. The average Bonchev–Trinajstić information content (AvgIpc) is 3.25. The average molecular weight is 259 g/mol. The van der Waals surface area contributed by atoms with E-state index in [4.69, 9.17) is 0 Å². The van der Waals surface area contributed by atoms with Crippen molar-refractivity contribution in [1.29, 1.82) is 0 Å².